The molecule has 186 valence electrons. The summed E-state index contributed by atoms with van der Waals surface area (Å²) in [6.07, 6.45) is 0.895. The molecule has 0 spiro atoms. The minimum Gasteiger partial charge on any atom is -0.497 e. The number of carbonyl (C=O) groups is 1. The SMILES string of the molecule is CCc1ccc(-n2c(C(C)N(C)C(=O)Nc3ccc(OC)cc3OC)nc3ccccc3c2=O)cc1. The van der Waals surface area contributed by atoms with Crippen molar-refractivity contribution in [3.63, 3.8) is 0 Å². The van der Waals surface area contributed by atoms with Crippen LogP contribution < -0.4 is 20.3 Å². The highest BCUT2D eigenvalue weighted by Crippen LogP contribution is 2.30. The fraction of sp³-hybridized carbons (Fsp3) is 0.250. The van der Waals surface area contributed by atoms with E-state index < -0.39 is 6.04 Å². The monoisotopic (exact) mass is 486 g/mol. The Morgan fingerprint density at radius 2 is 1.78 bits per heavy atom. The second-order valence-electron chi connectivity index (χ2n) is 8.43. The lowest BCUT2D eigenvalue weighted by molar-refractivity contribution is 0.205. The number of hydrogen-bond acceptors (Lipinski definition) is 5. The molecule has 0 fully saturated rings. The Bertz CT molecular complexity index is 1450. The summed E-state index contributed by atoms with van der Waals surface area (Å²) in [6.45, 7) is 3.93. The Kier molecular flexibility index (Phi) is 7.24. The highest BCUT2D eigenvalue weighted by Gasteiger charge is 2.25. The van der Waals surface area contributed by atoms with Crippen LogP contribution >= 0.6 is 0 Å². The zero-order chi connectivity index (χ0) is 25.8. The third-order valence-corrected chi connectivity index (χ3v) is 6.33. The molecule has 2 amide bonds. The molecule has 0 saturated carbocycles. The van der Waals surface area contributed by atoms with E-state index in [1.54, 1.807) is 49.1 Å². The molecule has 0 saturated heterocycles. The zero-order valence-corrected chi connectivity index (χ0v) is 21.1. The highest BCUT2D eigenvalue weighted by molar-refractivity contribution is 5.91. The van der Waals surface area contributed by atoms with Crippen LogP contribution in [0, 0.1) is 0 Å². The molecule has 0 aliphatic carbocycles. The molecule has 4 aromatic rings. The van der Waals surface area contributed by atoms with Gasteiger partial charge in [0.15, 0.2) is 0 Å². The van der Waals surface area contributed by atoms with Crippen LogP contribution in [0.25, 0.3) is 16.6 Å². The van der Waals surface area contributed by atoms with Gasteiger partial charge in [-0.3, -0.25) is 9.36 Å². The van der Waals surface area contributed by atoms with Crippen LogP contribution in [0.15, 0.2) is 71.5 Å². The van der Waals surface area contributed by atoms with Gasteiger partial charge in [0.25, 0.3) is 5.56 Å². The van der Waals surface area contributed by atoms with E-state index in [1.165, 1.54) is 17.6 Å². The number of aromatic nitrogens is 2. The van der Waals surface area contributed by atoms with Crippen LogP contribution in [0.1, 0.15) is 31.3 Å². The van der Waals surface area contributed by atoms with Crippen LogP contribution in [0.2, 0.25) is 0 Å². The number of ether oxygens (including phenoxy) is 2. The number of para-hydroxylation sites is 1. The van der Waals surface area contributed by atoms with E-state index in [2.05, 4.69) is 12.2 Å². The first-order valence-electron chi connectivity index (χ1n) is 11.7. The molecular weight excluding hydrogens is 456 g/mol. The lowest BCUT2D eigenvalue weighted by atomic mass is 10.1. The Balaban J connectivity index is 1.74. The quantitative estimate of drug-likeness (QED) is 0.389. The van der Waals surface area contributed by atoms with Crippen molar-refractivity contribution in [2.75, 3.05) is 26.6 Å². The van der Waals surface area contributed by atoms with Crippen molar-refractivity contribution in [3.8, 4) is 17.2 Å². The molecule has 1 N–H and O–H groups in total. The Morgan fingerprint density at radius 1 is 1.06 bits per heavy atom. The lowest BCUT2D eigenvalue weighted by Gasteiger charge is -2.27. The number of aryl methyl sites for hydroxylation is 1. The Morgan fingerprint density at radius 3 is 2.44 bits per heavy atom. The maximum absolute atomic E-state index is 13.6. The summed E-state index contributed by atoms with van der Waals surface area (Å²) < 4.78 is 12.2. The highest BCUT2D eigenvalue weighted by atomic mass is 16.5. The molecule has 4 rings (SSSR count). The third-order valence-electron chi connectivity index (χ3n) is 6.33. The van der Waals surface area contributed by atoms with Crippen LogP contribution in [-0.4, -0.2) is 41.7 Å². The van der Waals surface area contributed by atoms with Crippen molar-refractivity contribution in [2.24, 2.45) is 0 Å². The minimum atomic E-state index is -0.530. The van der Waals surface area contributed by atoms with Crippen molar-refractivity contribution in [1.82, 2.24) is 14.5 Å². The number of methoxy groups -OCH3 is 2. The average Bonchev–Trinajstić information content (AvgIpc) is 2.92. The van der Waals surface area contributed by atoms with Gasteiger partial charge >= 0.3 is 6.03 Å². The smallest absolute Gasteiger partial charge is 0.322 e. The second-order valence-corrected chi connectivity index (χ2v) is 8.43. The normalized spacial score (nSPS) is 11.7. The molecule has 1 aromatic heterocycles. The van der Waals surface area contributed by atoms with Gasteiger partial charge in [-0.2, -0.15) is 0 Å². The lowest BCUT2D eigenvalue weighted by Crippen LogP contribution is -2.37. The van der Waals surface area contributed by atoms with Crippen LogP contribution in [-0.2, 0) is 6.42 Å². The molecule has 0 radical (unpaired) electrons. The fourth-order valence-corrected chi connectivity index (χ4v) is 4.01. The van der Waals surface area contributed by atoms with Gasteiger partial charge in [0, 0.05) is 13.1 Å². The van der Waals surface area contributed by atoms with E-state index in [4.69, 9.17) is 14.5 Å². The summed E-state index contributed by atoms with van der Waals surface area (Å²) >= 11 is 0. The van der Waals surface area contributed by atoms with Gasteiger partial charge in [-0.1, -0.05) is 31.2 Å². The summed E-state index contributed by atoms with van der Waals surface area (Å²) in [4.78, 5) is 33.2. The van der Waals surface area contributed by atoms with Crippen molar-refractivity contribution in [3.05, 3.63) is 88.5 Å². The van der Waals surface area contributed by atoms with Crippen LogP contribution in [0.3, 0.4) is 0 Å². The van der Waals surface area contributed by atoms with Crippen molar-refractivity contribution < 1.29 is 14.3 Å². The number of hydrogen-bond donors (Lipinski definition) is 1. The molecule has 0 aliphatic rings. The van der Waals surface area contributed by atoms with Crippen molar-refractivity contribution in [1.29, 1.82) is 0 Å². The number of rotatable bonds is 7. The van der Waals surface area contributed by atoms with Gasteiger partial charge in [-0.05, 0) is 55.3 Å². The number of fused-ring (bicyclic) bond motifs is 1. The maximum Gasteiger partial charge on any atom is 0.322 e. The molecule has 0 aliphatic heterocycles. The molecule has 0 bridgehead atoms. The summed E-state index contributed by atoms with van der Waals surface area (Å²) in [5, 5.41) is 3.40. The fourth-order valence-electron chi connectivity index (χ4n) is 4.01. The average molecular weight is 487 g/mol. The summed E-state index contributed by atoms with van der Waals surface area (Å²) in [5.74, 6) is 1.55. The second kappa shape index (κ2) is 10.5. The van der Waals surface area contributed by atoms with E-state index >= 15 is 0 Å². The molecule has 1 atom stereocenters. The topological polar surface area (TPSA) is 85.7 Å². The number of benzene rings is 3. The van der Waals surface area contributed by atoms with Gasteiger partial charge in [-0.25, -0.2) is 9.78 Å². The first-order valence-corrected chi connectivity index (χ1v) is 11.7. The van der Waals surface area contributed by atoms with E-state index in [0.29, 0.717) is 39.6 Å². The van der Waals surface area contributed by atoms with Crippen LogP contribution in [0.5, 0.6) is 11.5 Å². The summed E-state index contributed by atoms with van der Waals surface area (Å²) in [7, 11) is 4.76. The standard InChI is InChI=1S/C28H30N4O4/c1-6-19-11-13-20(14-12-19)32-26(29-23-10-8-7-9-22(23)27(32)33)18(2)31(3)28(34)30-24-16-15-21(35-4)17-25(24)36-5/h7-18H,6H2,1-5H3,(H,30,34). The summed E-state index contributed by atoms with van der Waals surface area (Å²) in [6, 6.07) is 19.3. The van der Waals surface area contributed by atoms with Crippen molar-refractivity contribution in [2.45, 2.75) is 26.3 Å². The number of nitrogens with one attached hydrogen (secondary N) is 1. The molecular formula is C28H30N4O4. The van der Waals surface area contributed by atoms with Crippen molar-refractivity contribution >= 4 is 22.6 Å². The third kappa shape index (κ3) is 4.75. The molecule has 8 heteroatoms. The molecule has 8 nitrogen and oxygen atoms in total. The number of anilines is 1. The minimum absolute atomic E-state index is 0.183. The number of carbonyl (C=O) groups excluding carboxylic acids is 1. The largest absolute Gasteiger partial charge is 0.497 e. The zero-order valence-electron chi connectivity index (χ0n) is 21.1. The van der Waals surface area contributed by atoms with E-state index in [9.17, 15) is 9.59 Å². The number of nitrogens with zero attached hydrogens (tertiary/aromatic N) is 3. The van der Waals surface area contributed by atoms with Gasteiger partial charge in [0.1, 0.15) is 17.3 Å². The van der Waals surface area contributed by atoms with Gasteiger partial charge in [0.05, 0.1) is 42.5 Å². The molecule has 1 unspecified atom stereocenters. The molecule has 36 heavy (non-hydrogen) atoms. The Labute approximate surface area is 210 Å². The van der Waals surface area contributed by atoms with Crippen LogP contribution in [0.4, 0.5) is 10.5 Å². The van der Waals surface area contributed by atoms with Gasteiger partial charge < -0.3 is 19.7 Å². The number of urea groups is 1. The Hall–Kier alpha value is -4.33. The maximum atomic E-state index is 13.6. The predicted octanol–water partition coefficient (Wildman–Crippen LogP) is 5.19. The molecule has 3 aromatic carbocycles. The predicted molar refractivity (Wildman–Crippen MR) is 141 cm³/mol. The summed E-state index contributed by atoms with van der Waals surface area (Å²) in [5.41, 5.74) is 2.76. The van der Waals surface area contributed by atoms with E-state index in [1.807, 2.05) is 43.3 Å². The first kappa shape index (κ1) is 24.8. The first-order chi connectivity index (χ1) is 17.4. The van der Waals surface area contributed by atoms with E-state index in [0.717, 1.165) is 6.42 Å². The number of amides is 2. The molecule has 1 heterocycles. The van der Waals surface area contributed by atoms with Gasteiger partial charge in [0.2, 0.25) is 0 Å². The van der Waals surface area contributed by atoms with E-state index in [-0.39, 0.29) is 11.6 Å². The van der Waals surface area contributed by atoms with Gasteiger partial charge in [-0.15, -0.1) is 0 Å².